The predicted octanol–water partition coefficient (Wildman–Crippen LogP) is 5.09. The van der Waals surface area contributed by atoms with Gasteiger partial charge in [-0.05, 0) is 55.4 Å². The summed E-state index contributed by atoms with van der Waals surface area (Å²) in [6.45, 7) is 4.19. The number of hydrogen-bond acceptors (Lipinski definition) is 2. The Bertz CT molecular complexity index is 692. The summed E-state index contributed by atoms with van der Waals surface area (Å²) in [5.41, 5.74) is 3.78. The molecule has 21 heavy (non-hydrogen) atoms. The third-order valence-corrected chi connectivity index (χ3v) is 5.62. The SMILES string of the molecule is Cc1c(Cl)cccc1NC(=O)c1csc2c1CC[C@@H](C)C2. The van der Waals surface area contributed by atoms with Crippen LogP contribution < -0.4 is 5.32 Å². The molecule has 1 aliphatic rings. The van der Waals surface area contributed by atoms with E-state index in [4.69, 9.17) is 11.6 Å². The summed E-state index contributed by atoms with van der Waals surface area (Å²) < 4.78 is 0. The van der Waals surface area contributed by atoms with Gasteiger partial charge in [-0.2, -0.15) is 0 Å². The van der Waals surface area contributed by atoms with Crippen LogP contribution in [-0.4, -0.2) is 5.91 Å². The Kier molecular flexibility index (Phi) is 4.05. The van der Waals surface area contributed by atoms with Gasteiger partial charge in [-0.15, -0.1) is 11.3 Å². The van der Waals surface area contributed by atoms with Crippen molar-refractivity contribution < 1.29 is 4.79 Å². The Morgan fingerprint density at radius 1 is 1.43 bits per heavy atom. The molecule has 1 atom stereocenters. The van der Waals surface area contributed by atoms with E-state index in [2.05, 4.69) is 12.2 Å². The molecule has 1 heterocycles. The zero-order valence-corrected chi connectivity index (χ0v) is 13.8. The second kappa shape index (κ2) is 5.82. The fourth-order valence-electron chi connectivity index (χ4n) is 2.80. The molecule has 0 radical (unpaired) electrons. The second-order valence-corrected chi connectivity index (χ2v) is 7.14. The summed E-state index contributed by atoms with van der Waals surface area (Å²) in [6, 6.07) is 5.58. The highest BCUT2D eigenvalue weighted by molar-refractivity contribution is 7.10. The zero-order chi connectivity index (χ0) is 15.0. The molecule has 1 aliphatic carbocycles. The van der Waals surface area contributed by atoms with Crippen molar-refractivity contribution in [1.29, 1.82) is 0 Å². The lowest BCUT2D eigenvalue weighted by molar-refractivity contribution is 0.102. The maximum Gasteiger partial charge on any atom is 0.256 e. The molecule has 1 aromatic heterocycles. The molecule has 3 rings (SSSR count). The third kappa shape index (κ3) is 2.85. The van der Waals surface area contributed by atoms with E-state index in [0.717, 1.165) is 35.6 Å². The lowest BCUT2D eigenvalue weighted by Gasteiger charge is -2.19. The normalized spacial score (nSPS) is 17.4. The molecular weight excluding hydrogens is 302 g/mol. The molecule has 2 aromatic rings. The van der Waals surface area contributed by atoms with Crippen molar-refractivity contribution in [2.45, 2.75) is 33.1 Å². The van der Waals surface area contributed by atoms with Crippen molar-refractivity contribution in [1.82, 2.24) is 0 Å². The van der Waals surface area contributed by atoms with Gasteiger partial charge in [-0.3, -0.25) is 4.79 Å². The quantitative estimate of drug-likeness (QED) is 0.821. The van der Waals surface area contributed by atoms with Crippen LogP contribution in [-0.2, 0) is 12.8 Å². The van der Waals surface area contributed by atoms with Crippen molar-refractivity contribution in [3.63, 3.8) is 0 Å². The minimum absolute atomic E-state index is 0.0209. The van der Waals surface area contributed by atoms with E-state index in [9.17, 15) is 4.79 Å². The molecule has 0 spiro atoms. The molecule has 1 amide bonds. The summed E-state index contributed by atoms with van der Waals surface area (Å²) in [7, 11) is 0. The van der Waals surface area contributed by atoms with E-state index >= 15 is 0 Å². The zero-order valence-electron chi connectivity index (χ0n) is 12.2. The van der Waals surface area contributed by atoms with Gasteiger partial charge < -0.3 is 5.32 Å². The van der Waals surface area contributed by atoms with Crippen molar-refractivity contribution >= 4 is 34.5 Å². The van der Waals surface area contributed by atoms with Crippen LogP contribution in [0.2, 0.25) is 5.02 Å². The molecule has 0 aliphatic heterocycles. The molecule has 2 nitrogen and oxygen atoms in total. The van der Waals surface area contributed by atoms with Crippen LogP contribution in [0.1, 0.15) is 39.7 Å². The highest BCUT2D eigenvalue weighted by Crippen LogP contribution is 2.33. The fraction of sp³-hybridized carbons (Fsp3) is 0.353. The number of nitrogens with one attached hydrogen (secondary N) is 1. The van der Waals surface area contributed by atoms with Gasteiger partial charge in [0.2, 0.25) is 0 Å². The van der Waals surface area contributed by atoms with Crippen LogP contribution in [0.3, 0.4) is 0 Å². The molecule has 0 bridgehead atoms. The topological polar surface area (TPSA) is 29.1 Å². The molecule has 0 fully saturated rings. The average Bonchev–Trinajstić information content (AvgIpc) is 2.86. The largest absolute Gasteiger partial charge is 0.322 e. The van der Waals surface area contributed by atoms with E-state index < -0.39 is 0 Å². The number of hydrogen-bond donors (Lipinski definition) is 1. The van der Waals surface area contributed by atoms with Gasteiger partial charge in [0, 0.05) is 21.0 Å². The summed E-state index contributed by atoms with van der Waals surface area (Å²) in [6.07, 6.45) is 3.28. The minimum Gasteiger partial charge on any atom is -0.322 e. The molecular formula is C17H18ClNOS. The molecule has 4 heteroatoms. The Labute approximate surface area is 134 Å². The maximum atomic E-state index is 12.5. The Morgan fingerprint density at radius 3 is 3.05 bits per heavy atom. The van der Waals surface area contributed by atoms with E-state index in [-0.39, 0.29) is 5.91 Å². The van der Waals surface area contributed by atoms with Gasteiger partial charge in [0.1, 0.15) is 0 Å². The van der Waals surface area contributed by atoms with Crippen LogP contribution in [0.5, 0.6) is 0 Å². The number of anilines is 1. The van der Waals surface area contributed by atoms with Crippen LogP contribution in [0.15, 0.2) is 23.6 Å². The predicted molar refractivity (Wildman–Crippen MR) is 89.7 cm³/mol. The number of rotatable bonds is 2. The first kappa shape index (κ1) is 14.6. The van der Waals surface area contributed by atoms with Crippen molar-refractivity contribution in [3.05, 3.63) is 50.2 Å². The number of fused-ring (bicyclic) bond motifs is 1. The van der Waals surface area contributed by atoms with Gasteiger partial charge in [-0.25, -0.2) is 0 Å². The maximum absolute atomic E-state index is 12.5. The van der Waals surface area contributed by atoms with Gasteiger partial charge in [0.05, 0.1) is 5.56 Å². The van der Waals surface area contributed by atoms with Gasteiger partial charge in [-0.1, -0.05) is 24.6 Å². The number of benzene rings is 1. The van der Waals surface area contributed by atoms with Crippen LogP contribution in [0.25, 0.3) is 0 Å². The third-order valence-electron chi connectivity index (χ3n) is 4.16. The first-order chi connectivity index (χ1) is 10.1. The van der Waals surface area contributed by atoms with E-state index in [1.54, 1.807) is 11.3 Å². The molecule has 0 saturated heterocycles. The lowest BCUT2D eigenvalue weighted by atomic mass is 9.88. The molecule has 0 saturated carbocycles. The van der Waals surface area contributed by atoms with Crippen molar-refractivity contribution in [3.8, 4) is 0 Å². The Balaban J connectivity index is 1.85. The number of carbonyl (C=O) groups is 1. The van der Waals surface area contributed by atoms with Gasteiger partial charge >= 0.3 is 0 Å². The highest BCUT2D eigenvalue weighted by Gasteiger charge is 2.23. The lowest BCUT2D eigenvalue weighted by Crippen LogP contribution is -2.17. The summed E-state index contributed by atoms with van der Waals surface area (Å²) >= 11 is 7.82. The first-order valence-corrected chi connectivity index (χ1v) is 8.47. The smallest absolute Gasteiger partial charge is 0.256 e. The second-order valence-electron chi connectivity index (χ2n) is 5.77. The monoisotopic (exact) mass is 319 g/mol. The molecule has 0 unspecified atom stereocenters. The van der Waals surface area contributed by atoms with E-state index in [1.165, 1.54) is 16.9 Å². The standard InChI is InChI=1S/C17H18ClNOS/c1-10-6-7-12-13(9-21-16(12)8-10)17(20)19-15-5-3-4-14(18)11(15)2/h3-5,9-10H,6-8H2,1-2H3,(H,19,20)/t10-/m1/s1. The molecule has 1 N–H and O–H groups in total. The highest BCUT2D eigenvalue weighted by atomic mass is 35.5. The number of amides is 1. The Morgan fingerprint density at radius 2 is 2.24 bits per heavy atom. The average molecular weight is 320 g/mol. The van der Waals surface area contributed by atoms with Gasteiger partial charge in [0.25, 0.3) is 5.91 Å². The Hall–Kier alpha value is -1.32. The minimum atomic E-state index is -0.0209. The van der Waals surface area contributed by atoms with Crippen molar-refractivity contribution in [2.75, 3.05) is 5.32 Å². The van der Waals surface area contributed by atoms with Crippen LogP contribution >= 0.6 is 22.9 Å². The molecule has 1 aromatic carbocycles. The molecule has 110 valence electrons. The fourth-order valence-corrected chi connectivity index (χ4v) is 4.22. The summed E-state index contributed by atoms with van der Waals surface area (Å²) in [5, 5.41) is 5.67. The van der Waals surface area contributed by atoms with Crippen LogP contribution in [0, 0.1) is 12.8 Å². The number of halogens is 1. The van der Waals surface area contributed by atoms with Gasteiger partial charge in [0.15, 0.2) is 0 Å². The number of thiophene rings is 1. The summed E-state index contributed by atoms with van der Waals surface area (Å²) in [5.74, 6) is 0.703. The first-order valence-electron chi connectivity index (χ1n) is 7.22. The van der Waals surface area contributed by atoms with Crippen LogP contribution in [0.4, 0.5) is 5.69 Å². The van der Waals surface area contributed by atoms with E-state index in [0.29, 0.717) is 5.02 Å². The number of carbonyl (C=O) groups excluding carboxylic acids is 1. The van der Waals surface area contributed by atoms with Crippen molar-refractivity contribution in [2.24, 2.45) is 5.92 Å². The van der Waals surface area contributed by atoms with E-state index in [1.807, 2.05) is 30.5 Å². The summed E-state index contributed by atoms with van der Waals surface area (Å²) in [4.78, 5) is 13.9.